The molecule has 108 valence electrons. The van der Waals surface area contributed by atoms with Gasteiger partial charge in [0.25, 0.3) is 0 Å². The standard InChI is InChI=1S/C17H19N3O/c1-10-4-7-20(10)11-2-3-14-12(8-11)15-13(16(18)19-21-15)9-17(14)5-6-17/h2-3,8,10H,4-7,9H2,1H3,(H2,18,19)/t10-/m0/s1. The van der Waals surface area contributed by atoms with Gasteiger partial charge in [0.1, 0.15) is 0 Å². The molecule has 3 aliphatic rings. The summed E-state index contributed by atoms with van der Waals surface area (Å²) in [6.07, 6.45) is 4.78. The van der Waals surface area contributed by atoms with Gasteiger partial charge in [-0.25, -0.2) is 0 Å². The molecule has 0 amide bonds. The Hall–Kier alpha value is -1.97. The van der Waals surface area contributed by atoms with E-state index in [1.54, 1.807) is 0 Å². The fourth-order valence-corrected chi connectivity index (χ4v) is 4.00. The van der Waals surface area contributed by atoms with Crippen molar-refractivity contribution < 1.29 is 4.52 Å². The maximum atomic E-state index is 6.01. The van der Waals surface area contributed by atoms with Crippen LogP contribution in [0.25, 0.3) is 11.3 Å². The van der Waals surface area contributed by atoms with Crippen molar-refractivity contribution in [2.45, 2.75) is 44.1 Å². The summed E-state index contributed by atoms with van der Waals surface area (Å²) in [6, 6.07) is 7.51. The highest BCUT2D eigenvalue weighted by molar-refractivity contribution is 5.78. The van der Waals surface area contributed by atoms with E-state index in [1.807, 2.05) is 0 Å². The summed E-state index contributed by atoms with van der Waals surface area (Å²) in [7, 11) is 0. The predicted molar refractivity (Wildman–Crippen MR) is 82.4 cm³/mol. The van der Waals surface area contributed by atoms with Crippen molar-refractivity contribution in [2.75, 3.05) is 17.2 Å². The van der Waals surface area contributed by atoms with Crippen molar-refractivity contribution in [1.82, 2.24) is 5.16 Å². The fraction of sp³-hybridized carbons (Fsp3) is 0.471. The Balaban J connectivity index is 1.70. The van der Waals surface area contributed by atoms with Gasteiger partial charge in [-0.2, -0.15) is 0 Å². The molecule has 1 spiro atoms. The summed E-state index contributed by atoms with van der Waals surface area (Å²) in [5.74, 6) is 1.47. The Labute approximate surface area is 123 Å². The molecular formula is C17H19N3O. The molecule has 4 nitrogen and oxygen atoms in total. The van der Waals surface area contributed by atoms with Crippen molar-refractivity contribution in [3.05, 3.63) is 29.3 Å². The number of fused-ring (bicyclic) bond motifs is 4. The summed E-state index contributed by atoms with van der Waals surface area (Å²) in [6.45, 7) is 3.43. The molecule has 21 heavy (non-hydrogen) atoms. The molecule has 0 bridgehead atoms. The largest absolute Gasteiger partial charge is 0.381 e. The lowest BCUT2D eigenvalue weighted by molar-refractivity contribution is 0.431. The van der Waals surface area contributed by atoms with Gasteiger partial charge in [0.05, 0.1) is 0 Å². The Bertz CT molecular complexity index is 744. The Morgan fingerprint density at radius 1 is 1.38 bits per heavy atom. The lowest BCUT2D eigenvalue weighted by Gasteiger charge is -2.41. The van der Waals surface area contributed by atoms with Crippen molar-refractivity contribution in [2.24, 2.45) is 0 Å². The van der Waals surface area contributed by atoms with Gasteiger partial charge in [-0.3, -0.25) is 0 Å². The topological polar surface area (TPSA) is 55.3 Å². The molecule has 1 aromatic heterocycles. The van der Waals surface area contributed by atoms with Gasteiger partial charge in [-0.1, -0.05) is 11.2 Å². The van der Waals surface area contributed by atoms with Gasteiger partial charge in [0.15, 0.2) is 11.6 Å². The Morgan fingerprint density at radius 2 is 2.24 bits per heavy atom. The Morgan fingerprint density at radius 3 is 2.90 bits per heavy atom. The number of nitrogen functional groups attached to an aromatic ring is 1. The second-order valence-electron chi connectivity index (χ2n) is 6.89. The van der Waals surface area contributed by atoms with E-state index in [-0.39, 0.29) is 0 Å². The molecule has 2 N–H and O–H groups in total. The minimum atomic E-state index is 0.307. The van der Waals surface area contributed by atoms with Crippen LogP contribution in [0.5, 0.6) is 0 Å². The molecule has 0 radical (unpaired) electrons. The van der Waals surface area contributed by atoms with Crippen LogP contribution in [0.4, 0.5) is 11.5 Å². The fourth-order valence-electron chi connectivity index (χ4n) is 4.00. The minimum Gasteiger partial charge on any atom is -0.381 e. The van der Waals surface area contributed by atoms with Crippen LogP contribution in [-0.4, -0.2) is 17.7 Å². The normalized spacial score (nSPS) is 24.4. The highest BCUT2D eigenvalue weighted by atomic mass is 16.5. The lowest BCUT2D eigenvalue weighted by Crippen LogP contribution is -2.45. The zero-order chi connectivity index (χ0) is 14.2. The zero-order valence-electron chi connectivity index (χ0n) is 12.2. The number of hydrogen-bond donors (Lipinski definition) is 1. The summed E-state index contributed by atoms with van der Waals surface area (Å²) in [5, 5.41) is 4.00. The first kappa shape index (κ1) is 11.7. The summed E-state index contributed by atoms with van der Waals surface area (Å²) in [5.41, 5.74) is 11.4. The average Bonchev–Trinajstić information content (AvgIpc) is 3.15. The summed E-state index contributed by atoms with van der Waals surface area (Å²) in [4.78, 5) is 2.45. The second-order valence-corrected chi connectivity index (χ2v) is 6.89. The number of anilines is 2. The first-order valence-electron chi connectivity index (χ1n) is 7.83. The van der Waals surface area contributed by atoms with Gasteiger partial charge < -0.3 is 15.2 Å². The van der Waals surface area contributed by atoms with Gasteiger partial charge in [-0.05, 0) is 50.3 Å². The highest BCUT2D eigenvalue weighted by Crippen LogP contribution is 2.58. The van der Waals surface area contributed by atoms with Gasteiger partial charge in [0, 0.05) is 34.8 Å². The van der Waals surface area contributed by atoms with Crippen LogP contribution in [0.1, 0.15) is 37.3 Å². The molecule has 2 aromatic rings. The van der Waals surface area contributed by atoms with E-state index in [0.29, 0.717) is 17.3 Å². The van der Waals surface area contributed by atoms with Gasteiger partial charge in [-0.15, -0.1) is 0 Å². The number of benzene rings is 1. The van der Waals surface area contributed by atoms with E-state index in [2.05, 4.69) is 35.2 Å². The maximum Gasteiger partial charge on any atom is 0.172 e. The Kier molecular flexibility index (Phi) is 2.01. The average molecular weight is 281 g/mol. The number of rotatable bonds is 1. The SMILES string of the molecule is C[C@H]1CCN1c1ccc2c(c1)-c1onc(N)c1CC21CC1. The molecule has 1 atom stereocenters. The van der Waals surface area contributed by atoms with Crippen molar-refractivity contribution in [1.29, 1.82) is 0 Å². The monoisotopic (exact) mass is 281 g/mol. The third kappa shape index (κ3) is 1.42. The molecule has 2 aliphatic carbocycles. The highest BCUT2D eigenvalue weighted by Gasteiger charge is 2.50. The smallest absolute Gasteiger partial charge is 0.172 e. The maximum absolute atomic E-state index is 6.01. The molecule has 5 rings (SSSR count). The van der Waals surface area contributed by atoms with Gasteiger partial charge in [0.2, 0.25) is 0 Å². The van der Waals surface area contributed by atoms with Crippen LogP contribution in [0.3, 0.4) is 0 Å². The number of nitrogens with zero attached hydrogens (tertiary/aromatic N) is 2. The molecule has 1 aliphatic heterocycles. The number of aromatic nitrogens is 1. The molecule has 4 heteroatoms. The van der Waals surface area contributed by atoms with Crippen molar-refractivity contribution >= 4 is 11.5 Å². The molecule has 2 heterocycles. The predicted octanol–water partition coefficient (Wildman–Crippen LogP) is 3.11. The molecule has 2 fully saturated rings. The van der Waals surface area contributed by atoms with Crippen LogP contribution in [-0.2, 0) is 11.8 Å². The zero-order valence-corrected chi connectivity index (χ0v) is 12.2. The molecule has 1 saturated carbocycles. The first-order chi connectivity index (χ1) is 10.2. The van der Waals surface area contributed by atoms with Crippen molar-refractivity contribution in [3.63, 3.8) is 0 Å². The van der Waals surface area contributed by atoms with E-state index >= 15 is 0 Å². The van der Waals surface area contributed by atoms with E-state index in [0.717, 1.165) is 24.3 Å². The van der Waals surface area contributed by atoms with Crippen LogP contribution < -0.4 is 10.6 Å². The van der Waals surface area contributed by atoms with Crippen molar-refractivity contribution in [3.8, 4) is 11.3 Å². The van der Waals surface area contributed by atoms with Crippen LogP contribution >= 0.6 is 0 Å². The molecule has 0 unspecified atom stereocenters. The number of hydrogen-bond acceptors (Lipinski definition) is 4. The molecular weight excluding hydrogens is 262 g/mol. The second kappa shape index (κ2) is 3.62. The summed E-state index contributed by atoms with van der Waals surface area (Å²) < 4.78 is 5.55. The third-order valence-electron chi connectivity index (χ3n) is 5.66. The quantitative estimate of drug-likeness (QED) is 0.872. The van der Waals surface area contributed by atoms with E-state index in [1.165, 1.54) is 36.1 Å². The third-order valence-corrected chi connectivity index (χ3v) is 5.66. The number of nitrogens with two attached hydrogens (primary N) is 1. The van der Waals surface area contributed by atoms with E-state index in [9.17, 15) is 0 Å². The molecule has 1 saturated heterocycles. The first-order valence-corrected chi connectivity index (χ1v) is 7.83. The van der Waals surface area contributed by atoms with Gasteiger partial charge >= 0.3 is 0 Å². The minimum absolute atomic E-state index is 0.307. The van der Waals surface area contributed by atoms with Crippen LogP contribution in [0.15, 0.2) is 22.7 Å². The lowest BCUT2D eigenvalue weighted by atomic mass is 9.79. The summed E-state index contributed by atoms with van der Waals surface area (Å²) >= 11 is 0. The van der Waals surface area contributed by atoms with Crippen LogP contribution in [0.2, 0.25) is 0 Å². The van der Waals surface area contributed by atoms with E-state index < -0.39 is 0 Å². The van der Waals surface area contributed by atoms with E-state index in [4.69, 9.17) is 10.3 Å². The van der Waals surface area contributed by atoms with Crippen LogP contribution in [0, 0.1) is 0 Å². The molecule has 1 aromatic carbocycles.